The summed E-state index contributed by atoms with van der Waals surface area (Å²) in [4.78, 5) is 51.3. The van der Waals surface area contributed by atoms with E-state index in [1.165, 1.54) is 0 Å². The molecule has 4 amide bonds. The summed E-state index contributed by atoms with van der Waals surface area (Å²) in [6.45, 7) is 0. The lowest BCUT2D eigenvalue weighted by molar-refractivity contribution is -0.139. The lowest BCUT2D eigenvalue weighted by Gasteiger charge is -2.33. The van der Waals surface area contributed by atoms with Crippen molar-refractivity contribution in [2.45, 2.75) is 24.2 Å². The van der Waals surface area contributed by atoms with Gasteiger partial charge in [0.15, 0.2) is 0 Å². The van der Waals surface area contributed by atoms with Gasteiger partial charge in [0.25, 0.3) is 0 Å². The number of carbonyl (C=O) groups excluding carboxylic acids is 4. The highest BCUT2D eigenvalue weighted by Crippen LogP contribution is 2.56. The number of nitrogens with one attached hydrogen (secondary N) is 2. The van der Waals surface area contributed by atoms with Crippen LogP contribution >= 0.6 is 0 Å². The normalized spacial score (nSPS) is 35.2. The molecule has 0 radical (unpaired) electrons. The van der Waals surface area contributed by atoms with Gasteiger partial charge in [-0.05, 0) is 11.1 Å². The molecule has 2 N–H and O–H groups in total. The lowest BCUT2D eigenvalue weighted by Crippen LogP contribution is -2.48. The van der Waals surface area contributed by atoms with E-state index in [-0.39, 0.29) is 23.6 Å². The molecule has 0 bridgehead atoms. The first-order valence-corrected chi connectivity index (χ1v) is 9.94. The van der Waals surface area contributed by atoms with Crippen molar-refractivity contribution in [3.63, 3.8) is 0 Å². The number of imide groups is 2. The Balaban J connectivity index is 1.58. The quantitative estimate of drug-likeness (QED) is 0.701. The van der Waals surface area contributed by atoms with Gasteiger partial charge in [-0.15, -0.1) is 0 Å². The van der Waals surface area contributed by atoms with Crippen LogP contribution < -0.4 is 10.6 Å². The molecule has 30 heavy (non-hydrogen) atoms. The zero-order chi connectivity index (χ0) is 20.6. The molecule has 0 aliphatic carbocycles. The van der Waals surface area contributed by atoms with E-state index in [0.29, 0.717) is 0 Å². The first-order chi connectivity index (χ1) is 14.6. The number of amides is 4. The predicted molar refractivity (Wildman–Crippen MR) is 103 cm³/mol. The van der Waals surface area contributed by atoms with Crippen LogP contribution in [0.15, 0.2) is 60.7 Å². The van der Waals surface area contributed by atoms with Crippen molar-refractivity contribution in [2.24, 2.45) is 11.8 Å². The van der Waals surface area contributed by atoms with Crippen LogP contribution in [0.4, 0.5) is 0 Å². The summed E-state index contributed by atoms with van der Waals surface area (Å²) in [7, 11) is 0. The first-order valence-electron chi connectivity index (χ1n) is 9.94. The number of hydrogen-bond acceptors (Lipinski definition) is 6. The van der Waals surface area contributed by atoms with Crippen molar-refractivity contribution in [2.75, 3.05) is 0 Å². The molecule has 0 saturated carbocycles. The molecule has 4 fully saturated rings. The van der Waals surface area contributed by atoms with Crippen LogP contribution in [0.25, 0.3) is 0 Å². The number of rotatable bonds is 2. The maximum atomic E-state index is 12.9. The average Bonchev–Trinajstić information content (AvgIpc) is 3.43. The summed E-state index contributed by atoms with van der Waals surface area (Å²) in [6.07, 6.45) is 0. The molecule has 6 rings (SSSR count). The third-order valence-corrected chi connectivity index (χ3v) is 6.69. The van der Waals surface area contributed by atoms with Gasteiger partial charge in [-0.25, -0.2) is 10.0 Å². The lowest BCUT2D eigenvalue weighted by atomic mass is 9.84. The fourth-order valence-electron chi connectivity index (χ4n) is 5.64. The minimum Gasteiger partial charge on any atom is -0.295 e. The number of nitrogens with zero attached hydrogens (tertiary/aromatic N) is 2. The molecule has 0 unspecified atom stereocenters. The molecule has 4 heterocycles. The van der Waals surface area contributed by atoms with Crippen LogP contribution in [0.5, 0.6) is 0 Å². The summed E-state index contributed by atoms with van der Waals surface area (Å²) in [5.74, 6) is -2.78. The number of benzene rings is 2. The maximum absolute atomic E-state index is 12.9. The average molecular weight is 402 g/mol. The molecule has 8 nitrogen and oxygen atoms in total. The van der Waals surface area contributed by atoms with E-state index in [1.54, 1.807) is 0 Å². The van der Waals surface area contributed by atoms with Gasteiger partial charge in [-0.3, -0.25) is 29.8 Å². The van der Waals surface area contributed by atoms with E-state index in [2.05, 4.69) is 10.6 Å². The highest BCUT2D eigenvalue weighted by Gasteiger charge is 2.71. The molecule has 2 aromatic rings. The molecule has 8 heteroatoms. The first kappa shape index (κ1) is 17.5. The number of fused-ring (bicyclic) bond motifs is 5. The minimum absolute atomic E-state index is 0.346. The zero-order valence-corrected chi connectivity index (χ0v) is 15.8. The molecule has 0 spiro atoms. The third-order valence-electron chi connectivity index (χ3n) is 6.69. The molecular formula is C22H18N4O4. The number of carbonyl (C=O) groups is 4. The minimum atomic E-state index is -0.765. The fraction of sp³-hybridized carbons (Fsp3) is 0.273. The Kier molecular flexibility index (Phi) is 3.54. The van der Waals surface area contributed by atoms with E-state index in [9.17, 15) is 19.2 Å². The topological polar surface area (TPSA) is 98.8 Å². The Bertz CT molecular complexity index is 1000. The van der Waals surface area contributed by atoms with E-state index in [1.807, 2.05) is 70.7 Å². The van der Waals surface area contributed by atoms with E-state index in [4.69, 9.17) is 0 Å². The Labute approximate surface area is 171 Å². The third kappa shape index (κ3) is 2.12. The zero-order valence-electron chi connectivity index (χ0n) is 15.8. The van der Waals surface area contributed by atoms with Crippen LogP contribution in [0.1, 0.15) is 23.2 Å². The molecule has 6 atom stereocenters. The SMILES string of the molecule is O=C1NC(=O)[C@@H]2[C@@H]1[C@H](c1ccccc1)N1[C@@H]3C(=O)NC(=O)[C@@H]3[C@@H](c3ccccc3)N21. The molecule has 4 saturated heterocycles. The van der Waals surface area contributed by atoms with Crippen molar-refractivity contribution in [3.05, 3.63) is 71.8 Å². The summed E-state index contributed by atoms with van der Waals surface area (Å²) < 4.78 is 0. The van der Waals surface area contributed by atoms with Crippen LogP contribution in [0.3, 0.4) is 0 Å². The van der Waals surface area contributed by atoms with Gasteiger partial charge in [0.05, 0.1) is 23.9 Å². The van der Waals surface area contributed by atoms with Crippen LogP contribution in [-0.4, -0.2) is 45.7 Å². The highest BCUT2D eigenvalue weighted by molar-refractivity contribution is 6.10. The van der Waals surface area contributed by atoms with Crippen molar-refractivity contribution in [3.8, 4) is 0 Å². The van der Waals surface area contributed by atoms with Crippen molar-refractivity contribution in [1.82, 2.24) is 20.7 Å². The van der Waals surface area contributed by atoms with E-state index >= 15 is 0 Å². The second-order valence-electron chi connectivity index (χ2n) is 8.12. The second kappa shape index (κ2) is 6.07. The highest BCUT2D eigenvalue weighted by atomic mass is 16.2. The van der Waals surface area contributed by atoms with E-state index in [0.717, 1.165) is 11.1 Å². The van der Waals surface area contributed by atoms with Gasteiger partial charge in [0.2, 0.25) is 23.6 Å². The molecule has 4 aliphatic rings. The standard InChI is InChI=1S/C22H18N4O4/c27-19-13-15(11-7-3-1-4-8-11)25-18-14(20(28)24-22(18)30)16(12-9-5-2-6-10-12)26(25)17(13)21(29)23-19/h1-10,13-18H,(H,23,27,29)(H,24,28,30)/t13-,14+,15-,16+,17-,18-/m0/s1. The maximum Gasteiger partial charge on any atom is 0.246 e. The fourth-order valence-corrected chi connectivity index (χ4v) is 5.64. The van der Waals surface area contributed by atoms with Gasteiger partial charge in [-0.1, -0.05) is 60.7 Å². The summed E-state index contributed by atoms with van der Waals surface area (Å²) in [6, 6.07) is 16.2. The summed E-state index contributed by atoms with van der Waals surface area (Å²) in [5.41, 5.74) is 1.67. The Hall–Kier alpha value is -3.36. The van der Waals surface area contributed by atoms with Crippen molar-refractivity contribution < 1.29 is 19.2 Å². The smallest absolute Gasteiger partial charge is 0.246 e. The van der Waals surface area contributed by atoms with Gasteiger partial charge in [0, 0.05) is 0 Å². The van der Waals surface area contributed by atoms with Gasteiger partial charge >= 0.3 is 0 Å². The van der Waals surface area contributed by atoms with Crippen LogP contribution in [-0.2, 0) is 19.2 Å². The predicted octanol–water partition coefficient (Wildman–Crippen LogP) is 0.298. The molecule has 4 aliphatic heterocycles. The monoisotopic (exact) mass is 402 g/mol. The van der Waals surface area contributed by atoms with Gasteiger partial charge in [-0.2, -0.15) is 0 Å². The van der Waals surface area contributed by atoms with Crippen LogP contribution in [0.2, 0.25) is 0 Å². The number of hydrazine groups is 1. The van der Waals surface area contributed by atoms with Crippen molar-refractivity contribution in [1.29, 1.82) is 0 Å². The summed E-state index contributed by atoms with van der Waals surface area (Å²) >= 11 is 0. The van der Waals surface area contributed by atoms with E-state index < -0.39 is 36.0 Å². The van der Waals surface area contributed by atoms with Crippen LogP contribution in [0, 0.1) is 11.8 Å². The summed E-state index contributed by atoms with van der Waals surface area (Å²) in [5, 5.41) is 8.57. The van der Waals surface area contributed by atoms with Crippen molar-refractivity contribution >= 4 is 23.6 Å². The Morgan fingerprint density at radius 2 is 0.867 bits per heavy atom. The molecule has 0 aromatic heterocycles. The second-order valence-corrected chi connectivity index (χ2v) is 8.12. The molecule has 150 valence electrons. The Morgan fingerprint density at radius 1 is 0.500 bits per heavy atom. The molecular weight excluding hydrogens is 384 g/mol. The van der Waals surface area contributed by atoms with Gasteiger partial charge in [0.1, 0.15) is 12.1 Å². The largest absolute Gasteiger partial charge is 0.295 e. The number of hydrogen-bond donors (Lipinski definition) is 2. The Morgan fingerprint density at radius 3 is 1.23 bits per heavy atom. The molecule has 2 aromatic carbocycles. The van der Waals surface area contributed by atoms with Gasteiger partial charge < -0.3 is 0 Å².